The number of hydrogen-bond donors (Lipinski definition) is 2. The van der Waals surface area contributed by atoms with E-state index in [1.165, 1.54) is 21.2 Å². The van der Waals surface area contributed by atoms with E-state index in [4.69, 9.17) is 0 Å². The third-order valence-corrected chi connectivity index (χ3v) is 7.13. The van der Waals surface area contributed by atoms with E-state index in [0.29, 0.717) is 17.9 Å². The van der Waals surface area contributed by atoms with E-state index in [1.54, 1.807) is 5.56 Å². The summed E-state index contributed by atoms with van der Waals surface area (Å²) < 4.78 is 1.31. The van der Waals surface area contributed by atoms with E-state index >= 15 is 0 Å². The highest BCUT2D eigenvalue weighted by molar-refractivity contribution is 14.1. The van der Waals surface area contributed by atoms with Gasteiger partial charge in [-0.25, -0.2) is 4.79 Å². The van der Waals surface area contributed by atoms with Gasteiger partial charge < -0.3 is 20.4 Å². The van der Waals surface area contributed by atoms with Gasteiger partial charge in [-0.15, -0.1) is 0 Å². The number of urea groups is 1. The number of anilines is 1. The lowest BCUT2D eigenvalue weighted by atomic mass is 9.70. The second-order valence-electron chi connectivity index (χ2n) is 7.94. The summed E-state index contributed by atoms with van der Waals surface area (Å²) in [7, 11) is 2.23. The first-order valence-corrected chi connectivity index (χ1v) is 10.9. The predicted molar refractivity (Wildman–Crippen MR) is 114 cm³/mol. The van der Waals surface area contributed by atoms with Gasteiger partial charge in [-0.1, -0.05) is 0 Å². The molecule has 2 aliphatic heterocycles. The van der Waals surface area contributed by atoms with Gasteiger partial charge in [-0.2, -0.15) is 0 Å². The molecule has 2 heterocycles. The van der Waals surface area contributed by atoms with Gasteiger partial charge in [0.05, 0.1) is 0 Å². The normalized spacial score (nSPS) is 29.5. The number of nitrogens with one attached hydrogen (secondary N) is 2. The monoisotopic (exact) mass is 468 g/mol. The van der Waals surface area contributed by atoms with Gasteiger partial charge in [-0.3, -0.25) is 0 Å². The van der Waals surface area contributed by atoms with Crippen molar-refractivity contribution in [3.63, 3.8) is 0 Å². The van der Waals surface area contributed by atoms with Gasteiger partial charge >= 0.3 is 6.03 Å². The lowest BCUT2D eigenvalue weighted by Crippen LogP contribution is -2.56. The summed E-state index contributed by atoms with van der Waals surface area (Å²) in [6.07, 6.45) is 2.27. The largest absolute Gasteiger partial charge is 0.384 e. The van der Waals surface area contributed by atoms with Crippen molar-refractivity contribution in [2.45, 2.75) is 50.6 Å². The number of carbonyl (C=O) groups excluding carboxylic acids is 1. The maximum Gasteiger partial charge on any atom is 0.317 e. The van der Waals surface area contributed by atoms with Gasteiger partial charge in [-0.05, 0) is 79.6 Å². The molecule has 26 heavy (non-hydrogen) atoms. The van der Waals surface area contributed by atoms with Crippen LogP contribution in [0.25, 0.3) is 0 Å². The Morgan fingerprint density at radius 2 is 2.12 bits per heavy atom. The molecular formula is C20H29IN4O. The minimum Gasteiger partial charge on any atom is -0.384 e. The zero-order valence-corrected chi connectivity index (χ0v) is 18.0. The molecule has 1 aromatic carbocycles. The van der Waals surface area contributed by atoms with Crippen LogP contribution in [0.1, 0.15) is 49.7 Å². The molecule has 2 amide bonds. The van der Waals surface area contributed by atoms with Crippen LogP contribution in [-0.2, 0) is 0 Å². The molecule has 2 N–H and O–H groups in total. The van der Waals surface area contributed by atoms with Gasteiger partial charge in [0, 0.05) is 59.4 Å². The third kappa shape index (κ3) is 3.09. The molecule has 1 unspecified atom stereocenters. The van der Waals surface area contributed by atoms with E-state index < -0.39 is 0 Å². The van der Waals surface area contributed by atoms with E-state index in [2.05, 4.69) is 57.3 Å². The number of likely N-dealkylation sites (N-methyl/N-ethyl adjacent to an activating group) is 1. The van der Waals surface area contributed by atoms with Gasteiger partial charge in [0.2, 0.25) is 0 Å². The minimum atomic E-state index is 0.0788. The average molecular weight is 468 g/mol. The fourth-order valence-electron chi connectivity index (χ4n) is 5.26. The van der Waals surface area contributed by atoms with Crippen molar-refractivity contribution in [3.8, 4) is 0 Å². The molecule has 142 valence electrons. The molecule has 6 heteroatoms. The third-order valence-electron chi connectivity index (χ3n) is 6.51. The Labute approximate surface area is 170 Å². The summed E-state index contributed by atoms with van der Waals surface area (Å²) >= 11 is 2.44. The first kappa shape index (κ1) is 18.3. The Morgan fingerprint density at radius 1 is 1.35 bits per heavy atom. The summed E-state index contributed by atoms with van der Waals surface area (Å²) in [6.45, 7) is 7.61. The van der Waals surface area contributed by atoms with Crippen LogP contribution in [0.15, 0.2) is 12.1 Å². The van der Waals surface area contributed by atoms with Crippen molar-refractivity contribution in [1.29, 1.82) is 0 Å². The van der Waals surface area contributed by atoms with Crippen molar-refractivity contribution in [2.24, 2.45) is 0 Å². The topological polar surface area (TPSA) is 47.6 Å². The molecule has 1 aromatic rings. The lowest BCUT2D eigenvalue weighted by molar-refractivity contribution is 0.108. The Hall–Kier alpha value is -1.02. The predicted octanol–water partition coefficient (Wildman–Crippen LogP) is 3.41. The van der Waals surface area contributed by atoms with E-state index in [1.807, 2.05) is 18.7 Å². The van der Waals surface area contributed by atoms with E-state index in [9.17, 15) is 4.79 Å². The number of hydrogen-bond acceptors (Lipinski definition) is 3. The maximum absolute atomic E-state index is 12.5. The number of likely N-dealkylation sites (tertiary alicyclic amines) is 1. The smallest absolute Gasteiger partial charge is 0.317 e. The van der Waals surface area contributed by atoms with E-state index in [-0.39, 0.29) is 12.1 Å². The Morgan fingerprint density at radius 3 is 2.85 bits per heavy atom. The molecule has 0 spiro atoms. The van der Waals surface area contributed by atoms with E-state index in [0.717, 1.165) is 32.6 Å². The molecule has 1 aliphatic carbocycles. The van der Waals surface area contributed by atoms with Crippen molar-refractivity contribution >= 4 is 34.3 Å². The molecule has 0 bridgehead atoms. The number of piperidine rings is 1. The lowest BCUT2D eigenvalue weighted by Gasteiger charge is -2.47. The SMILES string of the molecule is CCN(CC)C(=O)N[C@H]1C[C@@H]2c3cc(I)cc4c3C(CN4)C[C@H]2N(C)C1. The minimum absolute atomic E-state index is 0.0788. The average Bonchev–Trinajstić information content (AvgIpc) is 3.00. The van der Waals surface area contributed by atoms with Gasteiger partial charge in [0.25, 0.3) is 0 Å². The van der Waals surface area contributed by atoms with Crippen LogP contribution in [0.2, 0.25) is 0 Å². The van der Waals surface area contributed by atoms with Gasteiger partial charge in [0.15, 0.2) is 0 Å². The number of amides is 2. The number of carbonyl (C=O) groups is 1. The summed E-state index contributed by atoms with van der Waals surface area (Å²) in [6, 6.07) is 5.55. The fourth-order valence-corrected chi connectivity index (χ4v) is 5.91. The molecular weight excluding hydrogens is 439 g/mol. The summed E-state index contributed by atoms with van der Waals surface area (Å²) in [4.78, 5) is 16.9. The van der Waals surface area contributed by atoms with Crippen LogP contribution in [0.3, 0.4) is 0 Å². The first-order valence-electron chi connectivity index (χ1n) is 9.84. The molecule has 5 nitrogen and oxygen atoms in total. The zero-order chi connectivity index (χ0) is 18.4. The summed E-state index contributed by atoms with van der Waals surface area (Å²) in [5.74, 6) is 1.15. The Balaban J connectivity index is 1.59. The van der Waals surface area contributed by atoms with Crippen molar-refractivity contribution in [3.05, 3.63) is 26.8 Å². The molecule has 0 radical (unpaired) electrons. The van der Waals surface area contributed by atoms with Crippen LogP contribution in [0.5, 0.6) is 0 Å². The second kappa shape index (κ2) is 7.19. The highest BCUT2D eigenvalue weighted by Crippen LogP contribution is 2.50. The molecule has 0 saturated carbocycles. The number of nitrogens with zero attached hydrogens (tertiary/aromatic N) is 2. The van der Waals surface area contributed by atoms with Crippen molar-refractivity contribution in [1.82, 2.24) is 15.1 Å². The molecule has 1 saturated heterocycles. The molecule has 0 aromatic heterocycles. The molecule has 4 atom stereocenters. The zero-order valence-electron chi connectivity index (χ0n) is 15.9. The highest BCUT2D eigenvalue weighted by Gasteiger charge is 2.44. The van der Waals surface area contributed by atoms with Crippen LogP contribution >= 0.6 is 22.6 Å². The quantitative estimate of drug-likeness (QED) is 0.669. The molecule has 3 aliphatic rings. The summed E-state index contributed by atoms with van der Waals surface area (Å²) in [5.41, 5.74) is 4.41. The first-order chi connectivity index (χ1) is 12.5. The summed E-state index contributed by atoms with van der Waals surface area (Å²) in [5, 5.41) is 6.92. The van der Waals surface area contributed by atoms with Gasteiger partial charge in [0.1, 0.15) is 0 Å². The van der Waals surface area contributed by atoms with Crippen LogP contribution in [0.4, 0.5) is 10.5 Å². The Bertz CT molecular complexity index is 705. The highest BCUT2D eigenvalue weighted by atomic mass is 127. The second-order valence-corrected chi connectivity index (χ2v) is 9.18. The van der Waals surface area contributed by atoms with Crippen LogP contribution in [-0.4, -0.2) is 61.1 Å². The van der Waals surface area contributed by atoms with Crippen molar-refractivity contribution < 1.29 is 4.79 Å². The number of halogens is 1. The fraction of sp³-hybridized carbons (Fsp3) is 0.650. The van der Waals surface area contributed by atoms with Crippen LogP contribution in [0, 0.1) is 3.57 Å². The number of rotatable bonds is 3. The Kier molecular flexibility index (Phi) is 5.07. The molecule has 1 fully saturated rings. The number of benzene rings is 1. The van der Waals surface area contributed by atoms with Crippen LogP contribution < -0.4 is 10.6 Å². The maximum atomic E-state index is 12.5. The molecule has 4 rings (SSSR count). The standard InChI is InChI=1S/C20H29IN4O/c1-4-25(5-2)20(26)23-14-9-15-16-7-13(21)8-17-19(16)12(10-22-17)6-18(15)24(3)11-14/h7-8,12,14-15,18,22H,4-6,9-11H2,1-3H3,(H,23,26)/t12?,14-,15+,18+/m0/s1. The number of fused-ring (bicyclic) bond motifs is 2. The van der Waals surface area contributed by atoms with Crippen molar-refractivity contribution in [2.75, 3.05) is 38.5 Å².